The number of fused-ring (bicyclic) bond motifs is 5. The molecule has 2 aliphatic rings. The largest absolute Gasteiger partial charge is 0.464 e. The molecule has 278 valence electrons. The summed E-state index contributed by atoms with van der Waals surface area (Å²) in [6.07, 6.45) is 22.4. The number of aromatic nitrogens is 3. The Balaban J connectivity index is 1.01. The Bertz CT molecular complexity index is 3060. The van der Waals surface area contributed by atoms with E-state index in [-0.39, 0.29) is 0 Å². The Labute approximate surface area is 342 Å². The zero-order valence-electron chi connectivity index (χ0n) is 31.9. The quantitative estimate of drug-likeness (QED) is 0.137. The maximum Gasteiger partial charge on any atom is 0.164 e. The molecule has 0 radical (unpaired) electrons. The molecular weight excluding hydrogens is 727 g/mol. The third-order valence-electron chi connectivity index (χ3n) is 11.2. The van der Waals surface area contributed by atoms with Gasteiger partial charge in [-0.25, -0.2) is 15.0 Å². The fourth-order valence-electron chi connectivity index (χ4n) is 8.33. The van der Waals surface area contributed by atoms with Gasteiger partial charge < -0.3 is 4.42 Å². The molecule has 0 saturated carbocycles. The maximum atomic E-state index is 6.17. The number of allylic oxidation sites excluding steroid dienone is 11. The van der Waals surface area contributed by atoms with Gasteiger partial charge in [-0.3, -0.25) is 0 Å². The average molecular weight is 766 g/mol. The first-order valence-electron chi connectivity index (χ1n) is 19.7. The second kappa shape index (κ2) is 15.2. The lowest BCUT2D eigenvalue weighted by Gasteiger charge is -2.28. The molecule has 1 atom stereocenters. The van der Waals surface area contributed by atoms with Crippen molar-refractivity contribution in [3.05, 3.63) is 205 Å². The van der Waals surface area contributed by atoms with E-state index in [2.05, 4.69) is 122 Å². The maximum absolute atomic E-state index is 6.17. The molecule has 2 aliphatic carbocycles. The summed E-state index contributed by atoms with van der Waals surface area (Å²) < 4.78 is 8.65. The van der Waals surface area contributed by atoms with Crippen molar-refractivity contribution in [1.29, 1.82) is 0 Å². The van der Waals surface area contributed by atoms with Crippen molar-refractivity contribution in [3.8, 4) is 45.3 Å². The fraction of sp³-hybridized carbons (Fsp3) is 0.0755. The van der Waals surface area contributed by atoms with Crippen molar-refractivity contribution in [2.75, 3.05) is 0 Å². The monoisotopic (exact) mass is 765 g/mol. The zero-order valence-corrected chi connectivity index (χ0v) is 32.8. The van der Waals surface area contributed by atoms with Crippen LogP contribution in [0.1, 0.15) is 24.8 Å². The van der Waals surface area contributed by atoms with Crippen LogP contribution in [0, 0.1) is 5.92 Å². The highest BCUT2D eigenvalue weighted by Gasteiger charge is 2.24. The SMILES string of the molecule is C=C/C=C\C1=CCCC2CC=C(/C(C=C)=C/c3coc4cccc(-c5ccc(-c6nc(-c7ccccc7)nc(-c7ccc8c(c7)sc7ccccc78)n6)cc5)c34)C=C12. The van der Waals surface area contributed by atoms with Crippen LogP contribution in [-0.4, -0.2) is 15.0 Å². The van der Waals surface area contributed by atoms with E-state index in [1.165, 1.54) is 43.3 Å². The molecule has 4 nitrogen and oxygen atoms in total. The van der Waals surface area contributed by atoms with E-state index in [4.69, 9.17) is 19.4 Å². The molecule has 0 amide bonds. The number of hydrogen-bond donors (Lipinski definition) is 0. The summed E-state index contributed by atoms with van der Waals surface area (Å²) in [5, 5.41) is 3.58. The van der Waals surface area contributed by atoms with Gasteiger partial charge in [0.2, 0.25) is 0 Å². The Kier molecular flexibility index (Phi) is 9.28. The smallest absolute Gasteiger partial charge is 0.164 e. The molecule has 3 heterocycles. The van der Waals surface area contributed by atoms with Crippen LogP contribution in [0.2, 0.25) is 0 Å². The van der Waals surface area contributed by atoms with Crippen molar-refractivity contribution in [2.45, 2.75) is 19.3 Å². The summed E-state index contributed by atoms with van der Waals surface area (Å²) in [6.45, 7) is 8.11. The molecule has 8 aromatic rings. The molecule has 0 fully saturated rings. The number of hydrogen-bond acceptors (Lipinski definition) is 5. The minimum absolute atomic E-state index is 0.541. The summed E-state index contributed by atoms with van der Waals surface area (Å²) in [6, 6.07) is 39.9. The van der Waals surface area contributed by atoms with Gasteiger partial charge in [0.1, 0.15) is 5.58 Å². The van der Waals surface area contributed by atoms with Crippen LogP contribution >= 0.6 is 11.3 Å². The molecule has 5 heteroatoms. The molecule has 10 rings (SSSR count). The van der Waals surface area contributed by atoms with Gasteiger partial charge in [-0.2, -0.15) is 0 Å². The minimum Gasteiger partial charge on any atom is -0.464 e. The predicted molar refractivity (Wildman–Crippen MR) is 243 cm³/mol. The van der Waals surface area contributed by atoms with E-state index in [0.717, 1.165) is 62.8 Å². The Morgan fingerprint density at radius 3 is 2.24 bits per heavy atom. The molecule has 0 bridgehead atoms. The highest BCUT2D eigenvalue weighted by molar-refractivity contribution is 7.25. The summed E-state index contributed by atoms with van der Waals surface area (Å²) in [7, 11) is 0. The number of rotatable bonds is 9. The fourth-order valence-corrected chi connectivity index (χ4v) is 9.47. The lowest BCUT2D eigenvalue weighted by Crippen LogP contribution is -2.13. The molecule has 0 spiro atoms. The Morgan fingerprint density at radius 1 is 0.707 bits per heavy atom. The van der Waals surface area contributed by atoms with E-state index in [9.17, 15) is 0 Å². The number of furan rings is 1. The van der Waals surface area contributed by atoms with Crippen LogP contribution in [-0.2, 0) is 0 Å². The standard InChI is InChI=1S/C53H39N3OS/c1-3-5-13-35-16-11-17-36-24-27-40(31-46(35)36)34(4-2)30-42-33-57-47-20-12-19-43(50(42)47)37-22-25-39(26-23-37)52-54-51(38-14-7-6-8-15-38)55-53(56-52)41-28-29-45-44-18-9-10-21-48(44)58-49(45)32-41/h3-10,12-16,18-23,25-33,36H,1-2,11,17,24H2/b13-5-,34-30+. The molecule has 0 aliphatic heterocycles. The summed E-state index contributed by atoms with van der Waals surface area (Å²) in [4.78, 5) is 15.1. The van der Waals surface area contributed by atoms with E-state index in [0.29, 0.717) is 23.4 Å². The second-order valence-corrected chi connectivity index (χ2v) is 15.8. The third-order valence-corrected chi connectivity index (χ3v) is 12.4. The van der Waals surface area contributed by atoms with E-state index < -0.39 is 0 Å². The molecule has 58 heavy (non-hydrogen) atoms. The first-order valence-corrected chi connectivity index (χ1v) is 20.6. The molecule has 3 aromatic heterocycles. The van der Waals surface area contributed by atoms with E-state index in [1.807, 2.05) is 60.9 Å². The van der Waals surface area contributed by atoms with Gasteiger partial charge in [-0.05, 0) is 82.9 Å². The lowest BCUT2D eigenvalue weighted by atomic mass is 9.76. The average Bonchev–Trinajstić information content (AvgIpc) is 3.88. The van der Waals surface area contributed by atoms with Gasteiger partial charge in [-0.1, -0.05) is 153 Å². The number of nitrogens with zero attached hydrogens (tertiary/aromatic N) is 3. The highest BCUT2D eigenvalue weighted by atomic mass is 32.1. The van der Waals surface area contributed by atoms with Crippen LogP contribution in [0.15, 0.2) is 204 Å². The van der Waals surface area contributed by atoms with Gasteiger partial charge in [0, 0.05) is 47.8 Å². The van der Waals surface area contributed by atoms with Gasteiger partial charge in [0.05, 0.1) is 6.26 Å². The first kappa shape index (κ1) is 35.5. The van der Waals surface area contributed by atoms with E-state index >= 15 is 0 Å². The van der Waals surface area contributed by atoms with Gasteiger partial charge >= 0.3 is 0 Å². The van der Waals surface area contributed by atoms with Crippen molar-refractivity contribution >= 4 is 48.6 Å². The Hall–Kier alpha value is -6.95. The lowest BCUT2D eigenvalue weighted by molar-refractivity contribution is 0.557. The minimum atomic E-state index is 0.541. The predicted octanol–water partition coefficient (Wildman–Crippen LogP) is 14.6. The van der Waals surface area contributed by atoms with Crippen LogP contribution in [0.3, 0.4) is 0 Å². The summed E-state index contributed by atoms with van der Waals surface area (Å²) >= 11 is 1.79. The second-order valence-electron chi connectivity index (χ2n) is 14.8. The molecule has 0 N–H and O–H groups in total. The molecule has 5 aromatic carbocycles. The Morgan fingerprint density at radius 2 is 1.43 bits per heavy atom. The third kappa shape index (κ3) is 6.59. The van der Waals surface area contributed by atoms with Crippen molar-refractivity contribution in [1.82, 2.24) is 15.0 Å². The van der Waals surface area contributed by atoms with Crippen LogP contribution in [0.4, 0.5) is 0 Å². The normalized spacial score (nSPS) is 15.7. The van der Waals surface area contributed by atoms with Crippen molar-refractivity contribution in [2.24, 2.45) is 5.92 Å². The zero-order chi connectivity index (χ0) is 39.0. The topological polar surface area (TPSA) is 51.8 Å². The van der Waals surface area contributed by atoms with Crippen molar-refractivity contribution < 1.29 is 4.42 Å². The highest BCUT2D eigenvalue weighted by Crippen LogP contribution is 2.41. The summed E-state index contributed by atoms with van der Waals surface area (Å²) in [5.74, 6) is 2.45. The van der Waals surface area contributed by atoms with Crippen LogP contribution in [0.25, 0.3) is 82.5 Å². The van der Waals surface area contributed by atoms with Gasteiger partial charge in [0.25, 0.3) is 0 Å². The van der Waals surface area contributed by atoms with Crippen molar-refractivity contribution in [3.63, 3.8) is 0 Å². The number of thiophene rings is 1. The molecule has 0 saturated heterocycles. The number of benzene rings is 5. The molecule has 1 unspecified atom stereocenters. The van der Waals surface area contributed by atoms with Gasteiger partial charge in [0.15, 0.2) is 17.5 Å². The van der Waals surface area contributed by atoms with Crippen LogP contribution < -0.4 is 0 Å². The first-order chi connectivity index (χ1) is 28.6. The summed E-state index contributed by atoms with van der Waals surface area (Å²) in [5.41, 5.74) is 11.8. The van der Waals surface area contributed by atoms with Gasteiger partial charge in [-0.15, -0.1) is 11.3 Å². The molecular formula is C53H39N3OS. The van der Waals surface area contributed by atoms with E-state index in [1.54, 1.807) is 11.3 Å². The van der Waals surface area contributed by atoms with Crippen LogP contribution in [0.5, 0.6) is 0 Å².